The molecule has 1 amide bonds. The largest absolute Gasteiger partial charge is 0.490 e. The van der Waals surface area contributed by atoms with Gasteiger partial charge in [0, 0.05) is 12.6 Å². The summed E-state index contributed by atoms with van der Waals surface area (Å²) in [5, 5.41) is 6.22. The first-order valence-corrected chi connectivity index (χ1v) is 7.06. The molecule has 20 heavy (non-hydrogen) atoms. The Morgan fingerprint density at radius 3 is 3.05 bits per heavy atom. The minimum atomic E-state index is -0.505. The van der Waals surface area contributed by atoms with E-state index < -0.39 is 5.82 Å². The van der Waals surface area contributed by atoms with Crippen LogP contribution in [0.3, 0.4) is 0 Å². The van der Waals surface area contributed by atoms with Crippen molar-refractivity contribution in [2.75, 3.05) is 19.7 Å². The third-order valence-corrected chi connectivity index (χ3v) is 3.64. The Labute approximate surface area is 118 Å². The van der Waals surface area contributed by atoms with Crippen molar-refractivity contribution in [3.63, 3.8) is 0 Å². The third kappa shape index (κ3) is 3.28. The topological polar surface area (TPSA) is 50.4 Å². The van der Waals surface area contributed by atoms with Gasteiger partial charge in [-0.1, -0.05) is 13.0 Å². The SMILES string of the molecule is CCOc1c(F)cccc1C(=O)NC1CNCCC1C. The average molecular weight is 280 g/mol. The van der Waals surface area contributed by atoms with Gasteiger partial charge in [0.15, 0.2) is 11.6 Å². The number of halogens is 1. The molecule has 1 heterocycles. The van der Waals surface area contributed by atoms with Gasteiger partial charge in [-0.25, -0.2) is 4.39 Å². The van der Waals surface area contributed by atoms with E-state index in [1.807, 2.05) is 0 Å². The number of carbonyl (C=O) groups is 1. The lowest BCUT2D eigenvalue weighted by molar-refractivity contribution is 0.0910. The van der Waals surface area contributed by atoms with Gasteiger partial charge >= 0.3 is 0 Å². The van der Waals surface area contributed by atoms with Crippen LogP contribution in [0.5, 0.6) is 5.75 Å². The second-order valence-electron chi connectivity index (χ2n) is 5.10. The summed E-state index contributed by atoms with van der Waals surface area (Å²) < 4.78 is 19.0. The van der Waals surface area contributed by atoms with Crippen molar-refractivity contribution in [1.29, 1.82) is 0 Å². The molecule has 0 aromatic heterocycles. The van der Waals surface area contributed by atoms with Crippen LogP contribution in [0.15, 0.2) is 18.2 Å². The lowest BCUT2D eigenvalue weighted by Crippen LogP contribution is -2.50. The first kappa shape index (κ1) is 14.8. The van der Waals surface area contributed by atoms with Crippen LogP contribution in [-0.4, -0.2) is 31.6 Å². The molecule has 0 spiro atoms. The number of para-hydroxylation sites is 1. The van der Waals surface area contributed by atoms with Gasteiger partial charge in [0.25, 0.3) is 5.91 Å². The Morgan fingerprint density at radius 1 is 1.55 bits per heavy atom. The molecular formula is C15H21FN2O2. The number of piperidine rings is 1. The number of ether oxygens (including phenoxy) is 1. The zero-order valence-electron chi connectivity index (χ0n) is 11.9. The molecule has 1 fully saturated rings. The van der Waals surface area contributed by atoms with Crippen LogP contribution in [0.2, 0.25) is 0 Å². The van der Waals surface area contributed by atoms with E-state index in [2.05, 4.69) is 17.6 Å². The molecule has 0 saturated carbocycles. The van der Waals surface area contributed by atoms with Crippen molar-refractivity contribution in [2.24, 2.45) is 5.92 Å². The molecule has 110 valence electrons. The maximum absolute atomic E-state index is 13.7. The Morgan fingerprint density at radius 2 is 2.35 bits per heavy atom. The predicted molar refractivity (Wildman–Crippen MR) is 75.5 cm³/mol. The molecule has 2 N–H and O–H groups in total. The zero-order valence-corrected chi connectivity index (χ0v) is 11.9. The number of hydrogen-bond acceptors (Lipinski definition) is 3. The van der Waals surface area contributed by atoms with Crippen LogP contribution in [-0.2, 0) is 0 Å². The number of carbonyl (C=O) groups excluding carboxylic acids is 1. The van der Waals surface area contributed by atoms with Crippen molar-refractivity contribution in [2.45, 2.75) is 26.3 Å². The Kier molecular flexibility index (Phi) is 4.95. The van der Waals surface area contributed by atoms with Crippen LogP contribution in [0.25, 0.3) is 0 Å². The van der Waals surface area contributed by atoms with Gasteiger partial charge in [0.05, 0.1) is 12.2 Å². The molecule has 1 aliphatic heterocycles. The molecule has 0 radical (unpaired) electrons. The highest BCUT2D eigenvalue weighted by Crippen LogP contribution is 2.23. The van der Waals surface area contributed by atoms with E-state index in [1.165, 1.54) is 12.1 Å². The van der Waals surface area contributed by atoms with Crippen molar-refractivity contribution in [1.82, 2.24) is 10.6 Å². The van der Waals surface area contributed by atoms with E-state index in [0.29, 0.717) is 12.5 Å². The number of amides is 1. The molecule has 2 atom stereocenters. The highest BCUT2D eigenvalue weighted by Gasteiger charge is 2.25. The van der Waals surface area contributed by atoms with E-state index in [1.54, 1.807) is 13.0 Å². The van der Waals surface area contributed by atoms with E-state index in [9.17, 15) is 9.18 Å². The van der Waals surface area contributed by atoms with Crippen LogP contribution in [0, 0.1) is 11.7 Å². The van der Waals surface area contributed by atoms with Gasteiger partial charge < -0.3 is 15.4 Å². The lowest BCUT2D eigenvalue weighted by Gasteiger charge is -2.30. The highest BCUT2D eigenvalue weighted by atomic mass is 19.1. The maximum atomic E-state index is 13.7. The molecule has 0 aliphatic carbocycles. The summed E-state index contributed by atoms with van der Waals surface area (Å²) in [5.41, 5.74) is 0.254. The lowest BCUT2D eigenvalue weighted by atomic mass is 9.94. The Hall–Kier alpha value is -1.62. The standard InChI is InChI=1S/C15H21FN2O2/c1-3-20-14-11(5-4-6-12(14)16)15(19)18-13-9-17-8-7-10(13)2/h4-6,10,13,17H,3,7-9H2,1-2H3,(H,18,19). The second-order valence-corrected chi connectivity index (χ2v) is 5.10. The molecule has 1 saturated heterocycles. The fourth-order valence-corrected chi connectivity index (χ4v) is 2.41. The van der Waals surface area contributed by atoms with Crippen molar-refractivity contribution < 1.29 is 13.9 Å². The fraction of sp³-hybridized carbons (Fsp3) is 0.533. The molecule has 4 nitrogen and oxygen atoms in total. The summed E-state index contributed by atoms with van der Waals surface area (Å²) >= 11 is 0. The molecule has 2 unspecified atom stereocenters. The molecule has 1 aromatic carbocycles. The first-order valence-electron chi connectivity index (χ1n) is 7.06. The van der Waals surface area contributed by atoms with E-state index in [-0.39, 0.29) is 23.3 Å². The summed E-state index contributed by atoms with van der Waals surface area (Å²) in [4.78, 5) is 12.3. The predicted octanol–water partition coefficient (Wildman–Crippen LogP) is 1.95. The van der Waals surface area contributed by atoms with Crippen molar-refractivity contribution in [3.05, 3.63) is 29.6 Å². The van der Waals surface area contributed by atoms with Crippen LogP contribution >= 0.6 is 0 Å². The number of hydrogen-bond donors (Lipinski definition) is 2. The first-order chi connectivity index (χ1) is 9.63. The molecular weight excluding hydrogens is 259 g/mol. The molecule has 5 heteroatoms. The van der Waals surface area contributed by atoms with Gasteiger partial charge in [-0.2, -0.15) is 0 Å². The highest BCUT2D eigenvalue weighted by molar-refractivity contribution is 5.97. The van der Waals surface area contributed by atoms with Crippen LogP contribution in [0.1, 0.15) is 30.6 Å². The van der Waals surface area contributed by atoms with E-state index in [0.717, 1.165) is 19.5 Å². The van der Waals surface area contributed by atoms with Gasteiger partial charge in [0.2, 0.25) is 0 Å². The minimum Gasteiger partial charge on any atom is -0.490 e. The summed E-state index contributed by atoms with van der Waals surface area (Å²) in [6, 6.07) is 4.47. The number of nitrogens with one attached hydrogen (secondary N) is 2. The number of rotatable bonds is 4. The van der Waals surface area contributed by atoms with Gasteiger partial charge in [-0.3, -0.25) is 4.79 Å². The van der Waals surface area contributed by atoms with Gasteiger partial charge in [-0.05, 0) is 37.9 Å². The third-order valence-electron chi connectivity index (χ3n) is 3.64. The average Bonchev–Trinajstić information content (AvgIpc) is 2.43. The number of benzene rings is 1. The summed E-state index contributed by atoms with van der Waals surface area (Å²) in [6.45, 7) is 5.91. The summed E-state index contributed by atoms with van der Waals surface area (Å²) in [5.74, 6) is -0.351. The van der Waals surface area contributed by atoms with E-state index in [4.69, 9.17) is 4.74 Å². The summed E-state index contributed by atoms with van der Waals surface area (Å²) in [7, 11) is 0. The van der Waals surface area contributed by atoms with Crippen molar-refractivity contribution >= 4 is 5.91 Å². The van der Waals surface area contributed by atoms with Crippen LogP contribution in [0.4, 0.5) is 4.39 Å². The van der Waals surface area contributed by atoms with E-state index >= 15 is 0 Å². The second kappa shape index (κ2) is 6.70. The van der Waals surface area contributed by atoms with Gasteiger partial charge in [-0.15, -0.1) is 0 Å². The normalized spacial score (nSPS) is 22.4. The van der Waals surface area contributed by atoms with Crippen LogP contribution < -0.4 is 15.4 Å². The maximum Gasteiger partial charge on any atom is 0.255 e. The summed E-state index contributed by atoms with van der Waals surface area (Å²) in [6.07, 6.45) is 1.02. The fourth-order valence-electron chi connectivity index (χ4n) is 2.41. The molecule has 1 aromatic rings. The Bertz CT molecular complexity index is 479. The molecule has 2 rings (SSSR count). The smallest absolute Gasteiger partial charge is 0.255 e. The quantitative estimate of drug-likeness (QED) is 0.886. The monoisotopic (exact) mass is 280 g/mol. The zero-order chi connectivity index (χ0) is 14.5. The van der Waals surface area contributed by atoms with Gasteiger partial charge in [0.1, 0.15) is 0 Å². The molecule has 0 bridgehead atoms. The van der Waals surface area contributed by atoms with Crippen molar-refractivity contribution in [3.8, 4) is 5.75 Å². The minimum absolute atomic E-state index is 0.0314. The molecule has 1 aliphatic rings. The Balaban J connectivity index is 2.14.